The van der Waals surface area contributed by atoms with Crippen molar-refractivity contribution in [2.45, 2.75) is 19.6 Å². The normalized spacial score (nSPS) is 11.6. The summed E-state index contributed by atoms with van der Waals surface area (Å²) in [6.07, 6.45) is -4.53. The third-order valence-corrected chi connectivity index (χ3v) is 4.49. The number of halogens is 4. The molecular weight excluding hydrogens is 406 g/mol. The Labute approximate surface area is 170 Å². The van der Waals surface area contributed by atoms with Crippen LogP contribution in [0.4, 0.5) is 23.2 Å². The lowest BCUT2D eigenvalue weighted by atomic mass is 10.1. The lowest BCUT2D eigenvalue weighted by Gasteiger charge is -2.25. The molecule has 0 aliphatic rings. The lowest BCUT2D eigenvalue weighted by Crippen LogP contribution is -2.36. The number of hydrogen-bond acceptors (Lipinski definition) is 4. The van der Waals surface area contributed by atoms with Gasteiger partial charge in [0.15, 0.2) is 0 Å². The minimum atomic E-state index is -4.53. The molecule has 0 aliphatic heterocycles. The topological polar surface area (TPSA) is 66.7 Å². The van der Waals surface area contributed by atoms with Crippen molar-refractivity contribution in [3.8, 4) is 0 Å². The molecule has 2 rings (SSSR count). The van der Waals surface area contributed by atoms with Crippen molar-refractivity contribution >= 4 is 11.6 Å². The minimum absolute atomic E-state index is 0.130. The van der Waals surface area contributed by atoms with Crippen molar-refractivity contribution in [1.29, 1.82) is 0 Å². The Balaban J connectivity index is 2.40. The van der Waals surface area contributed by atoms with E-state index in [0.29, 0.717) is 6.54 Å². The van der Waals surface area contributed by atoms with Gasteiger partial charge in [-0.05, 0) is 44.8 Å². The van der Waals surface area contributed by atoms with Crippen LogP contribution in [0, 0.1) is 22.9 Å². The number of amides is 1. The van der Waals surface area contributed by atoms with E-state index in [1.165, 1.54) is 24.0 Å². The summed E-state index contributed by atoms with van der Waals surface area (Å²) in [6, 6.07) is 6.43. The zero-order chi connectivity index (χ0) is 22.6. The highest BCUT2D eigenvalue weighted by atomic mass is 19.4. The number of alkyl halides is 3. The first-order valence-corrected chi connectivity index (χ1v) is 8.95. The van der Waals surface area contributed by atoms with Crippen molar-refractivity contribution in [2.24, 2.45) is 0 Å². The van der Waals surface area contributed by atoms with Crippen LogP contribution >= 0.6 is 0 Å². The number of nitro groups is 1. The highest BCUT2D eigenvalue weighted by molar-refractivity contribution is 5.95. The third kappa shape index (κ3) is 5.76. The van der Waals surface area contributed by atoms with Crippen molar-refractivity contribution in [1.82, 2.24) is 9.80 Å². The Morgan fingerprint density at radius 2 is 1.80 bits per heavy atom. The zero-order valence-corrected chi connectivity index (χ0v) is 16.7. The van der Waals surface area contributed by atoms with Gasteiger partial charge in [-0.15, -0.1) is 0 Å². The molecule has 0 atom stereocenters. The number of nitrogens with zero attached hydrogens (tertiary/aromatic N) is 3. The SMILES string of the molecule is Cc1c(F)cc(C(=O)N(CCN(C)C)Cc2cccc(C(F)(F)F)c2)cc1[N+](=O)[O-]. The van der Waals surface area contributed by atoms with Crippen LogP contribution in [0.3, 0.4) is 0 Å². The van der Waals surface area contributed by atoms with E-state index in [-0.39, 0.29) is 29.8 Å². The Bertz CT molecular complexity index is 945. The molecule has 2 aromatic carbocycles. The van der Waals surface area contributed by atoms with Gasteiger partial charge in [0.1, 0.15) is 5.82 Å². The summed E-state index contributed by atoms with van der Waals surface area (Å²) in [5.41, 5.74) is -1.59. The molecule has 0 radical (unpaired) electrons. The Morgan fingerprint density at radius 1 is 1.13 bits per heavy atom. The lowest BCUT2D eigenvalue weighted by molar-refractivity contribution is -0.385. The van der Waals surface area contributed by atoms with Gasteiger partial charge in [-0.3, -0.25) is 14.9 Å². The fraction of sp³-hybridized carbons (Fsp3) is 0.350. The van der Waals surface area contributed by atoms with Gasteiger partial charge in [0.25, 0.3) is 11.6 Å². The van der Waals surface area contributed by atoms with Crippen LogP contribution in [0.5, 0.6) is 0 Å². The van der Waals surface area contributed by atoms with E-state index in [1.54, 1.807) is 19.0 Å². The number of nitro benzene ring substituents is 1. The molecule has 0 bridgehead atoms. The Hall–Kier alpha value is -3.01. The fourth-order valence-corrected chi connectivity index (χ4v) is 2.80. The fourth-order valence-electron chi connectivity index (χ4n) is 2.80. The molecule has 0 unspecified atom stereocenters. The van der Waals surface area contributed by atoms with Gasteiger partial charge in [-0.2, -0.15) is 13.2 Å². The number of hydrogen-bond donors (Lipinski definition) is 0. The monoisotopic (exact) mass is 427 g/mol. The number of carbonyl (C=O) groups is 1. The van der Waals surface area contributed by atoms with Gasteiger partial charge in [0.05, 0.1) is 16.1 Å². The quantitative estimate of drug-likeness (QED) is 0.376. The van der Waals surface area contributed by atoms with E-state index in [2.05, 4.69) is 0 Å². The highest BCUT2D eigenvalue weighted by Gasteiger charge is 2.31. The van der Waals surface area contributed by atoms with Gasteiger partial charge in [0, 0.05) is 31.3 Å². The number of carbonyl (C=O) groups excluding carboxylic acids is 1. The van der Waals surface area contributed by atoms with Crippen LogP contribution in [0.1, 0.15) is 27.0 Å². The molecule has 0 spiro atoms. The van der Waals surface area contributed by atoms with Crippen molar-refractivity contribution in [3.05, 3.63) is 74.6 Å². The summed E-state index contributed by atoms with van der Waals surface area (Å²) >= 11 is 0. The second-order valence-corrected chi connectivity index (χ2v) is 7.09. The maximum atomic E-state index is 14.1. The van der Waals surface area contributed by atoms with Gasteiger partial charge < -0.3 is 9.80 Å². The first-order chi connectivity index (χ1) is 13.9. The molecule has 0 aliphatic carbocycles. The predicted octanol–water partition coefficient (Wildman–Crippen LogP) is 4.27. The standard InChI is InChI=1S/C20H21F4N3O3/c1-13-17(21)10-15(11-18(13)27(29)30)19(28)26(8-7-25(2)3)12-14-5-4-6-16(9-14)20(22,23)24/h4-6,9-11H,7-8,12H2,1-3H3. The Kier molecular flexibility index (Phi) is 7.14. The molecule has 30 heavy (non-hydrogen) atoms. The summed E-state index contributed by atoms with van der Waals surface area (Å²) < 4.78 is 53.1. The molecular formula is C20H21F4N3O3. The average molecular weight is 427 g/mol. The summed E-state index contributed by atoms with van der Waals surface area (Å²) in [5.74, 6) is -1.62. The van der Waals surface area contributed by atoms with Crippen molar-refractivity contribution < 1.29 is 27.3 Å². The first-order valence-electron chi connectivity index (χ1n) is 8.95. The van der Waals surface area contributed by atoms with Crippen molar-refractivity contribution in [2.75, 3.05) is 27.2 Å². The van der Waals surface area contributed by atoms with Crippen LogP contribution in [-0.4, -0.2) is 47.8 Å². The van der Waals surface area contributed by atoms with E-state index < -0.39 is 34.1 Å². The van der Waals surface area contributed by atoms with Gasteiger partial charge >= 0.3 is 6.18 Å². The third-order valence-electron chi connectivity index (χ3n) is 4.49. The molecule has 0 saturated carbocycles. The molecule has 6 nitrogen and oxygen atoms in total. The molecule has 0 aromatic heterocycles. The summed E-state index contributed by atoms with van der Waals surface area (Å²) in [7, 11) is 3.51. The van der Waals surface area contributed by atoms with Gasteiger partial charge in [-0.1, -0.05) is 12.1 Å². The molecule has 10 heteroatoms. The van der Waals surface area contributed by atoms with Crippen LogP contribution in [0.15, 0.2) is 36.4 Å². The van der Waals surface area contributed by atoms with Crippen LogP contribution < -0.4 is 0 Å². The smallest absolute Gasteiger partial charge is 0.333 e. The second kappa shape index (κ2) is 9.21. The number of benzene rings is 2. The van der Waals surface area contributed by atoms with E-state index in [9.17, 15) is 32.5 Å². The number of rotatable bonds is 7. The largest absolute Gasteiger partial charge is 0.416 e. The van der Waals surface area contributed by atoms with Gasteiger partial charge in [0.2, 0.25) is 0 Å². The summed E-state index contributed by atoms with van der Waals surface area (Å²) in [4.78, 5) is 26.4. The van der Waals surface area contributed by atoms with Crippen molar-refractivity contribution in [3.63, 3.8) is 0 Å². The molecule has 1 amide bonds. The minimum Gasteiger partial charge on any atom is -0.333 e. The van der Waals surface area contributed by atoms with E-state index in [1.807, 2.05) is 0 Å². The van der Waals surface area contributed by atoms with Crippen LogP contribution in [-0.2, 0) is 12.7 Å². The average Bonchev–Trinajstić information content (AvgIpc) is 2.65. The molecule has 0 saturated heterocycles. The summed E-state index contributed by atoms with van der Waals surface area (Å²) in [6.45, 7) is 1.58. The van der Waals surface area contributed by atoms with Crippen LogP contribution in [0.25, 0.3) is 0 Å². The second-order valence-electron chi connectivity index (χ2n) is 7.09. The predicted molar refractivity (Wildman–Crippen MR) is 103 cm³/mol. The molecule has 0 fully saturated rings. The maximum Gasteiger partial charge on any atom is 0.416 e. The Morgan fingerprint density at radius 3 is 2.37 bits per heavy atom. The molecule has 162 valence electrons. The molecule has 0 heterocycles. The van der Waals surface area contributed by atoms with Crippen LogP contribution in [0.2, 0.25) is 0 Å². The number of likely N-dealkylation sites (N-methyl/N-ethyl adjacent to an activating group) is 1. The maximum absolute atomic E-state index is 14.1. The summed E-state index contributed by atoms with van der Waals surface area (Å²) in [5, 5.41) is 11.2. The first kappa shape index (κ1) is 23.3. The van der Waals surface area contributed by atoms with E-state index >= 15 is 0 Å². The molecule has 0 N–H and O–H groups in total. The highest BCUT2D eigenvalue weighted by Crippen LogP contribution is 2.30. The van der Waals surface area contributed by atoms with E-state index in [0.717, 1.165) is 24.3 Å². The van der Waals surface area contributed by atoms with Gasteiger partial charge in [-0.25, -0.2) is 4.39 Å². The zero-order valence-electron chi connectivity index (χ0n) is 16.7. The van der Waals surface area contributed by atoms with E-state index in [4.69, 9.17) is 0 Å². The molecule has 2 aromatic rings.